The number of hydrogen-bond donors (Lipinski definition) is 3. The van der Waals surface area contributed by atoms with Gasteiger partial charge in [0.2, 0.25) is 0 Å². The molecule has 23 heavy (non-hydrogen) atoms. The summed E-state index contributed by atoms with van der Waals surface area (Å²) in [5.74, 6) is -0.133. The molecular weight excluding hydrogens is 302 g/mol. The normalized spacial score (nSPS) is 27.4. The molecule has 1 aromatic rings. The topological polar surface area (TPSA) is 121 Å². The molecule has 8 nitrogen and oxygen atoms in total. The molecule has 3 rings (SSSR count). The zero-order valence-electron chi connectivity index (χ0n) is 12.6. The molecule has 3 N–H and O–H groups in total. The van der Waals surface area contributed by atoms with Gasteiger partial charge in [-0.2, -0.15) is 0 Å². The number of urea groups is 1. The number of imide groups is 1. The Morgan fingerprint density at radius 1 is 1.35 bits per heavy atom. The van der Waals surface area contributed by atoms with Crippen LogP contribution in [0.15, 0.2) is 20.3 Å². The fourth-order valence-electron chi connectivity index (χ4n) is 3.03. The highest BCUT2D eigenvalue weighted by Gasteiger charge is 2.47. The van der Waals surface area contributed by atoms with Gasteiger partial charge in [-0.25, -0.2) is 9.59 Å². The molecule has 2 aliphatic rings. The van der Waals surface area contributed by atoms with Crippen molar-refractivity contribution >= 4 is 18.2 Å². The predicted molar refractivity (Wildman–Crippen MR) is 80.6 cm³/mol. The van der Waals surface area contributed by atoms with Crippen LogP contribution in [0.4, 0.5) is 4.79 Å². The first kappa shape index (κ1) is 15.3. The number of amides is 3. The molecule has 1 aliphatic heterocycles. The molecular formula is C15H17N3O5. The Kier molecular flexibility index (Phi) is 3.67. The van der Waals surface area contributed by atoms with Gasteiger partial charge in [-0.05, 0) is 32.6 Å². The van der Waals surface area contributed by atoms with Crippen LogP contribution in [0, 0.1) is 6.92 Å². The standard InChI is InChI=1S/C15H17N3O5/c1-8-6-11(19)10(12(20)23-8)7-16-9-2-4-15(5-3-9)13(21)17-14(22)18-15/h6-7,9,19H,2-5H2,1H3,(H2,17,18,21,22). The van der Waals surface area contributed by atoms with Gasteiger partial charge in [0.05, 0.1) is 6.04 Å². The summed E-state index contributed by atoms with van der Waals surface area (Å²) >= 11 is 0. The van der Waals surface area contributed by atoms with E-state index in [1.54, 1.807) is 6.92 Å². The highest BCUT2D eigenvalue weighted by Crippen LogP contribution is 2.32. The number of aryl methyl sites for hydroxylation is 1. The van der Waals surface area contributed by atoms with E-state index in [9.17, 15) is 19.5 Å². The predicted octanol–water partition coefficient (Wildman–Crippen LogP) is 0.594. The third-order valence-electron chi connectivity index (χ3n) is 4.33. The number of nitrogens with zero attached hydrogens (tertiary/aromatic N) is 1. The monoisotopic (exact) mass is 319 g/mol. The zero-order chi connectivity index (χ0) is 16.6. The summed E-state index contributed by atoms with van der Waals surface area (Å²) in [6, 6.07) is 0.821. The fourth-order valence-corrected chi connectivity index (χ4v) is 3.03. The van der Waals surface area contributed by atoms with Crippen LogP contribution in [0.1, 0.15) is 37.0 Å². The summed E-state index contributed by atoms with van der Waals surface area (Å²) in [5.41, 5.74) is -1.45. The van der Waals surface area contributed by atoms with Crippen molar-refractivity contribution in [2.45, 2.75) is 44.2 Å². The second-order valence-corrected chi connectivity index (χ2v) is 5.94. The molecule has 2 heterocycles. The molecule has 1 aromatic heterocycles. The minimum absolute atomic E-state index is 0.0165. The second-order valence-electron chi connectivity index (χ2n) is 5.94. The lowest BCUT2D eigenvalue weighted by molar-refractivity contribution is -0.125. The van der Waals surface area contributed by atoms with E-state index in [1.165, 1.54) is 12.3 Å². The van der Waals surface area contributed by atoms with Gasteiger partial charge in [-0.1, -0.05) is 0 Å². The maximum Gasteiger partial charge on any atom is 0.348 e. The van der Waals surface area contributed by atoms with Gasteiger partial charge in [0.1, 0.15) is 22.6 Å². The Morgan fingerprint density at radius 2 is 2.04 bits per heavy atom. The molecule has 1 aliphatic carbocycles. The van der Waals surface area contributed by atoms with Crippen molar-refractivity contribution in [2.75, 3.05) is 0 Å². The van der Waals surface area contributed by atoms with Crippen LogP contribution < -0.4 is 16.3 Å². The second kappa shape index (κ2) is 5.53. The Bertz CT molecular complexity index is 744. The van der Waals surface area contributed by atoms with E-state index in [2.05, 4.69) is 15.6 Å². The van der Waals surface area contributed by atoms with Gasteiger partial charge in [0, 0.05) is 12.3 Å². The first-order valence-electron chi connectivity index (χ1n) is 7.40. The maximum atomic E-state index is 11.8. The van der Waals surface area contributed by atoms with Crippen molar-refractivity contribution in [3.05, 3.63) is 27.8 Å². The van der Waals surface area contributed by atoms with Crippen LogP contribution in [-0.4, -0.2) is 34.8 Å². The molecule has 3 amide bonds. The number of aromatic hydroxyl groups is 1. The third kappa shape index (κ3) is 2.84. The molecule has 122 valence electrons. The number of rotatable bonds is 2. The average Bonchev–Trinajstić information content (AvgIpc) is 2.74. The van der Waals surface area contributed by atoms with Crippen LogP contribution in [0.5, 0.6) is 5.75 Å². The highest BCUT2D eigenvalue weighted by molar-refractivity contribution is 6.07. The number of hydrogen-bond acceptors (Lipinski definition) is 6. The van der Waals surface area contributed by atoms with Gasteiger partial charge >= 0.3 is 11.7 Å². The van der Waals surface area contributed by atoms with E-state index >= 15 is 0 Å². The molecule has 0 radical (unpaired) electrons. The van der Waals surface area contributed by atoms with Gasteiger partial charge < -0.3 is 14.8 Å². The van der Waals surface area contributed by atoms with Gasteiger partial charge in [0.25, 0.3) is 5.91 Å². The summed E-state index contributed by atoms with van der Waals surface area (Å²) < 4.78 is 4.92. The summed E-state index contributed by atoms with van der Waals surface area (Å²) in [4.78, 5) is 39.1. The lowest BCUT2D eigenvalue weighted by Crippen LogP contribution is -2.50. The smallest absolute Gasteiger partial charge is 0.348 e. The molecule has 8 heteroatoms. The van der Waals surface area contributed by atoms with Crippen LogP contribution in [0.2, 0.25) is 0 Å². The third-order valence-corrected chi connectivity index (χ3v) is 4.33. The van der Waals surface area contributed by atoms with Gasteiger partial charge in [-0.3, -0.25) is 15.1 Å². The Morgan fingerprint density at radius 3 is 2.61 bits per heavy atom. The summed E-state index contributed by atoms with van der Waals surface area (Å²) in [6.07, 6.45) is 3.49. The van der Waals surface area contributed by atoms with E-state index < -0.39 is 17.2 Å². The fraction of sp³-hybridized carbons (Fsp3) is 0.467. The van der Waals surface area contributed by atoms with Crippen LogP contribution >= 0.6 is 0 Å². The first-order valence-corrected chi connectivity index (χ1v) is 7.40. The minimum Gasteiger partial charge on any atom is -0.507 e. The van der Waals surface area contributed by atoms with Crippen LogP contribution in [-0.2, 0) is 4.79 Å². The van der Waals surface area contributed by atoms with Crippen molar-refractivity contribution in [3.63, 3.8) is 0 Å². The quantitative estimate of drug-likeness (QED) is 0.544. The summed E-state index contributed by atoms with van der Waals surface area (Å²) in [7, 11) is 0. The van der Waals surface area contributed by atoms with Crippen LogP contribution in [0.25, 0.3) is 0 Å². The van der Waals surface area contributed by atoms with E-state index in [1.807, 2.05) is 0 Å². The van der Waals surface area contributed by atoms with Gasteiger partial charge in [-0.15, -0.1) is 0 Å². The maximum absolute atomic E-state index is 11.8. The Balaban J connectivity index is 1.69. The molecule has 2 fully saturated rings. The molecule has 1 saturated carbocycles. The van der Waals surface area contributed by atoms with Crippen molar-refractivity contribution in [1.29, 1.82) is 0 Å². The molecule has 1 spiro atoms. The highest BCUT2D eigenvalue weighted by atomic mass is 16.4. The van der Waals surface area contributed by atoms with Crippen molar-refractivity contribution < 1.29 is 19.1 Å². The summed E-state index contributed by atoms with van der Waals surface area (Å²) in [6.45, 7) is 1.57. The number of nitrogens with one attached hydrogen (secondary N) is 2. The molecule has 1 saturated heterocycles. The van der Waals surface area contributed by atoms with Crippen molar-refractivity contribution in [1.82, 2.24) is 10.6 Å². The SMILES string of the molecule is Cc1cc(O)c(C=NC2CCC3(CC2)NC(=O)NC3=O)c(=O)o1. The van der Waals surface area contributed by atoms with E-state index in [4.69, 9.17) is 4.42 Å². The van der Waals surface area contributed by atoms with Crippen molar-refractivity contribution in [2.24, 2.45) is 4.99 Å². The largest absolute Gasteiger partial charge is 0.507 e. The lowest BCUT2D eigenvalue weighted by atomic mass is 9.79. The lowest BCUT2D eigenvalue weighted by Gasteiger charge is -2.32. The number of aliphatic imine (C=N–C) groups is 1. The Hall–Kier alpha value is -2.64. The Labute approximate surface area is 131 Å². The average molecular weight is 319 g/mol. The minimum atomic E-state index is -0.825. The number of carbonyl (C=O) groups is 2. The first-order chi connectivity index (χ1) is 10.9. The molecule has 0 atom stereocenters. The van der Waals surface area contributed by atoms with Crippen molar-refractivity contribution in [3.8, 4) is 5.75 Å². The zero-order valence-corrected chi connectivity index (χ0v) is 12.6. The van der Waals surface area contributed by atoms with Crippen LogP contribution in [0.3, 0.4) is 0 Å². The molecule has 0 bridgehead atoms. The van der Waals surface area contributed by atoms with Gasteiger partial charge in [0.15, 0.2) is 0 Å². The van der Waals surface area contributed by atoms with E-state index in [-0.39, 0.29) is 23.3 Å². The molecule has 0 aromatic carbocycles. The van der Waals surface area contributed by atoms with E-state index in [0.717, 1.165) is 0 Å². The van der Waals surface area contributed by atoms with E-state index in [0.29, 0.717) is 31.4 Å². The summed E-state index contributed by atoms with van der Waals surface area (Å²) in [5, 5.41) is 14.7. The number of carbonyl (C=O) groups excluding carboxylic acids is 2. The molecule has 0 unspecified atom stereocenters.